The molecule has 3 aromatic heterocycles. The number of carbonyl (C=O) groups excluding carboxylic acids is 1. The standard InChI is InChI=1S/C27H30F3N9O3/c1-16-23(34-35-39(16)19-12-37(13-19)26(40)36-7-5-31-6-8-36)17-9-20-24(38(15-33-20)25(29)30)21(10-17)42-14-27(2,41)22-4-3-18(28)11-32-22/h3-4,9-11,15,19,25,31,41H,5-8,12-14H2,1-2H3. The van der Waals surface area contributed by atoms with Crippen LogP contribution in [0.3, 0.4) is 0 Å². The van der Waals surface area contributed by atoms with Gasteiger partial charge in [0.1, 0.15) is 41.3 Å². The molecule has 1 aromatic carbocycles. The van der Waals surface area contributed by atoms with Crippen molar-refractivity contribution >= 4 is 17.1 Å². The number of likely N-dealkylation sites (tertiary alicyclic amines) is 1. The van der Waals surface area contributed by atoms with Crippen molar-refractivity contribution < 1.29 is 27.8 Å². The molecule has 2 amide bonds. The molecule has 2 aliphatic rings. The van der Waals surface area contributed by atoms with Crippen LogP contribution >= 0.6 is 0 Å². The van der Waals surface area contributed by atoms with Crippen LogP contribution in [0.15, 0.2) is 36.8 Å². The number of hydrogen-bond acceptors (Lipinski definition) is 8. The van der Waals surface area contributed by atoms with E-state index in [1.165, 1.54) is 13.0 Å². The molecule has 0 radical (unpaired) electrons. The number of urea groups is 1. The van der Waals surface area contributed by atoms with Crippen molar-refractivity contribution in [1.29, 1.82) is 0 Å². The van der Waals surface area contributed by atoms with Gasteiger partial charge in [-0.2, -0.15) is 8.78 Å². The second-order valence-corrected chi connectivity index (χ2v) is 10.7. The lowest BCUT2D eigenvalue weighted by Crippen LogP contribution is -2.58. The number of nitrogens with zero attached hydrogens (tertiary/aromatic N) is 8. The van der Waals surface area contributed by atoms with Gasteiger partial charge in [0, 0.05) is 44.8 Å². The highest BCUT2D eigenvalue weighted by Gasteiger charge is 2.36. The lowest BCUT2D eigenvalue weighted by Gasteiger charge is -2.42. The summed E-state index contributed by atoms with van der Waals surface area (Å²) in [6.45, 7) is 3.97. The van der Waals surface area contributed by atoms with Gasteiger partial charge in [0.2, 0.25) is 0 Å². The minimum atomic E-state index is -2.88. The monoisotopic (exact) mass is 585 g/mol. The first-order valence-electron chi connectivity index (χ1n) is 13.5. The summed E-state index contributed by atoms with van der Waals surface area (Å²) < 4.78 is 49.4. The molecule has 1 atom stereocenters. The van der Waals surface area contributed by atoms with Crippen LogP contribution in [0.5, 0.6) is 5.75 Å². The number of nitrogens with one attached hydrogen (secondary N) is 1. The van der Waals surface area contributed by atoms with Gasteiger partial charge in [0.25, 0.3) is 0 Å². The number of imidazole rings is 1. The number of alkyl halides is 2. The van der Waals surface area contributed by atoms with Gasteiger partial charge in [0.15, 0.2) is 0 Å². The van der Waals surface area contributed by atoms with Crippen LogP contribution in [0.1, 0.15) is 30.9 Å². The SMILES string of the molecule is Cc1c(-c2cc(OCC(C)(O)c3ccc(F)cn3)c3c(c2)ncn3C(F)F)nnn1C1CN(C(=O)N2CCNCC2)C1. The maximum absolute atomic E-state index is 13.8. The highest BCUT2D eigenvalue weighted by atomic mass is 19.3. The number of carbonyl (C=O) groups is 1. The molecule has 12 nitrogen and oxygen atoms in total. The molecular formula is C27H30F3N9O3. The van der Waals surface area contributed by atoms with Crippen LogP contribution in [0, 0.1) is 12.7 Å². The molecule has 2 aliphatic heterocycles. The second kappa shape index (κ2) is 10.9. The summed E-state index contributed by atoms with van der Waals surface area (Å²) in [6, 6.07) is 5.64. The molecule has 0 bridgehead atoms. The van der Waals surface area contributed by atoms with Crippen LogP contribution < -0.4 is 10.1 Å². The van der Waals surface area contributed by atoms with E-state index in [-0.39, 0.29) is 41.2 Å². The Kier molecular flexibility index (Phi) is 7.22. The van der Waals surface area contributed by atoms with Gasteiger partial charge >= 0.3 is 12.6 Å². The summed E-state index contributed by atoms with van der Waals surface area (Å²) in [5, 5.41) is 22.9. The Labute approximate surface area is 238 Å². The Morgan fingerprint density at radius 1 is 1.19 bits per heavy atom. The Morgan fingerprint density at radius 3 is 2.64 bits per heavy atom. The molecule has 222 valence electrons. The number of amides is 2. The average molecular weight is 586 g/mol. The number of fused-ring (bicyclic) bond motifs is 1. The Morgan fingerprint density at radius 2 is 1.95 bits per heavy atom. The van der Waals surface area contributed by atoms with E-state index in [2.05, 4.69) is 25.6 Å². The van der Waals surface area contributed by atoms with Crippen LogP contribution in [0.4, 0.5) is 18.0 Å². The fourth-order valence-electron chi connectivity index (χ4n) is 5.29. The first kappa shape index (κ1) is 27.9. The smallest absolute Gasteiger partial charge is 0.320 e. The molecule has 6 rings (SSSR count). The van der Waals surface area contributed by atoms with E-state index >= 15 is 0 Å². The largest absolute Gasteiger partial charge is 0.488 e. The van der Waals surface area contributed by atoms with Crippen molar-refractivity contribution in [2.45, 2.75) is 32.0 Å². The minimum Gasteiger partial charge on any atom is -0.488 e. The fraction of sp³-hybridized carbons (Fsp3) is 0.444. The topological polar surface area (TPSA) is 126 Å². The van der Waals surface area contributed by atoms with Crippen LogP contribution in [-0.4, -0.2) is 96.3 Å². The van der Waals surface area contributed by atoms with Crippen molar-refractivity contribution in [2.24, 2.45) is 0 Å². The molecule has 1 unspecified atom stereocenters. The molecule has 5 heterocycles. The van der Waals surface area contributed by atoms with Gasteiger partial charge in [0.05, 0.1) is 29.1 Å². The number of rotatable bonds is 7. The van der Waals surface area contributed by atoms with Gasteiger partial charge in [-0.05, 0) is 38.1 Å². The molecule has 2 fully saturated rings. The highest BCUT2D eigenvalue weighted by Crippen LogP contribution is 2.36. The Balaban J connectivity index is 1.25. The number of aliphatic hydroxyl groups is 1. The zero-order valence-corrected chi connectivity index (χ0v) is 23.0. The summed E-state index contributed by atoms with van der Waals surface area (Å²) in [4.78, 5) is 24.5. The van der Waals surface area contributed by atoms with Gasteiger partial charge < -0.3 is 25.0 Å². The molecule has 0 spiro atoms. The summed E-state index contributed by atoms with van der Waals surface area (Å²) >= 11 is 0. The van der Waals surface area contributed by atoms with Gasteiger partial charge in [-0.15, -0.1) is 5.10 Å². The minimum absolute atomic E-state index is 0.0133. The summed E-state index contributed by atoms with van der Waals surface area (Å²) in [5.74, 6) is -0.511. The number of piperazine rings is 1. The maximum Gasteiger partial charge on any atom is 0.320 e. The van der Waals surface area contributed by atoms with E-state index in [1.807, 2.05) is 11.8 Å². The quantitative estimate of drug-likeness (QED) is 0.339. The first-order chi connectivity index (χ1) is 20.1. The van der Waals surface area contributed by atoms with Gasteiger partial charge in [-0.1, -0.05) is 5.21 Å². The van der Waals surface area contributed by atoms with E-state index < -0.39 is 18.0 Å². The molecule has 15 heteroatoms. The number of benzene rings is 1. The zero-order chi connectivity index (χ0) is 29.6. The van der Waals surface area contributed by atoms with Crippen LogP contribution in [0.25, 0.3) is 22.3 Å². The number of hydrogen-bond donors (Lipinski definition) is 2. The molecule has 2 saturated heterocycles. The first-order valence-corrected chi connectivity index (χ1v) is 13.5. The number of pyridine rings is 1. The Hall–Kier alpha value is -4.24. The highest BCUT2D eigenvalue weighted by molar-refractivity contribution is 5.87. The summed E-state index contributed by atoms with van der Waals surface area (Å²) in [5.41, 5.74) is 0.567. The predicted molar refractivity (Wildman–Crippen MR) is 144 cm³/mol. The van der Waals surface area contributed by atoms with Crippen LogP contribution in [-0.2, 0) is 5.60 Å². The molecule has 0 saturated carbocycles. The van der Waals surface area contributed by atoms with E-state index in [0.29, 0.717) is 42.0 Å². The number of aromatic nitrogens is 6. The summed E-state index contributed by atoms with van der Waals surface area (Å²) in [7, 11) is 0. The van der Waals surface area contributed by atoms with E-state index in [4.69, 9.17) is 4.74 Å². The van der Waals surface area contributed by atoms with Crippen molar-refractivity contribution in [3.8, 4) is 17.0 Å². The van der Waals surface area contributed by atoms with E-state index in [9.17, 15) is 23.1 Å². The number of ether oxygens (including phenoxy) is 1. The molecule has 4 aromatic rings. The number of halogens is 3. The molecule has 2 N–H and O–H groups in total. The molecule has 42 heavy (non-hydrogen) atoms. The lowest BCUT2D eigenvalue weighted by atomic mass is 10.0. The van der Waals surface area contributed by atoms with Crippen molar-refractivity contribution in [2.75, 3.05) is 45.9 Å². The third-order valence-corrected chi connectivity index (χ3v) is 7.70. The molecular weight excluding hydrogens is 555 g/mol. The molecule has 0 aliphatic carbocycles. The second-order valence-electron chi connectivity index (χ2n) is 10.7. The van der Waals surface area contributed by atoms with Crippen molar-refractivity contribution in [3.63, 3.8) is 0 Å². The van der Waals surface area contributed by atoms with Gasteiger partial charge in [-0.25, -0.2) is 18.9 Å². The predicted octanol–water partition coefficient (Wildman–Crippen LogP) is 2.70. The van der Waals surface area contributed by atoms with Gasteiger partial charge in [-0.3, -0.25) is 9.55 Å². The van der Waals surface area contributed by atoms with Crippen molar-refractivity contribution in [3.05, 3.63) is 54.0 Å². The van der Waals surface area contributed by atoms with E-state index in [1.54, 1.807) is 21.7 Å². The Bertz CT molecular complexity index is 1590. The average Bonchev–Trinajstić information content (AvgIpc) is 3.55. The normalized spacial score (nSPS) is 17.5. The van der Waals surface area contributed by atoms with E-state index in [0.717, 1.165) is 37.4 Å². The van der Waals surface area contributed by atoms with Crippen LogP contribution in [0.2, 0.25) is 0 Å². The van der Waals surface area contributed by atoms with Crippen molar-refractivity contribution in [1.82, 2.24) is 44.6 Å². The fourth-order valence-corrected chi connectivity index (χ4v) is 5.29. The maximum atomic E-state index is 13.8. The zero-order valence-electron chi connectivity index (χ0n) is 23.0. The lowest BCUT2D eigenvalue weighted by molar-refractivity contribution is 0.00395. The third-order valence-electron chi connectivity index (χ3n) is 7.70. The summed E-state index contributed by atoms with van der Waals surface area (Å²) in [6.07, 6.45) is 2.00. The third kappa shape index (κ3) is 5.13.